The molecule has 0 saturated heterocycles. The number of nitrogens with zero attached hydrogens (tertiary/aromatic N) is 6. The van der Waals surface area contributed by atoms with Crippen molar-refractivity contribution in [1.82, 2.24) is 34.7 Å². The summed E-state index contributed by atoms with van der Waals surface area (Å²) in [6, 6.07) is 3.80. The van der Waals surface area contributed by atoms with Crippen molar-refractivity contribution in [1.29, 1.82) is 0 Å². The van der Waals surface area contributed by atoms with Crippen molar-refractivity contribution in [2.75, 3.05) is 0 Å². The zero-order valence-corrected chi connectivity index (χ0v) is 13.0. The molecule has 0 amide bonds. The number of aryl methyl sites for hydroxylation is 3. The Hall–Kier alpha value is -3.29. The van der Waals surface area contributed by atoms with Gasteiger partial charge in [-0.05, 0) is 12.1 Å². The zero-order chi connectivity index (χ0) is 16.4. The van der Waals surface area contributed by atoms with E-state index in [2.05, 4.69) is 30.1 Å². The van der Waals surface area contributed by atoms with Gasteiger partial charge in [0.05, 0.1) is 0 Å². The average molecular weight is 321 g/mol. The molecule has 0 atom stereocenters. The number of nitrogens with one attached hydrogen (secondary N) is 1. The molecule has 4 rings (SSSR count). The van der Waals surface area contributed by atoms with E-state index in [9.17, 15) is 0 Å². The highest BCUT2D eigenvalue weighted by molar-refractivity contribution is 5.52. The maximum atomic E-state index is 5.26. The lowest BCUT2D eigenvalue weighted by molar-refractivity contribution is 0.521. The molecule has 0 unspecified atom stereocenters. The molecule has 0 aliphatic carbocycles. The van der Waals surface area contributed by atoms with Crippen molar-refractivity contribution < 1.29 is 4.42 Å². The second kappa shape index (κ2) is 6.07. The molecule has 8 nitrogen and oxygen atoms in total. The summed E-state index contributed by atoms with van der Waals surface area (Å²) in [7, 11) is 0. The fourth-order valence-corrected chi connectivity index (χ4v) is 2.45. The summed E-state index contributed by atoms with van der Waals surface area (Å²) in [4.78, 5) is 17.3. The molecule has 24 heavy (non-hydrogen) atoms. The smallest absolute Gasteiger partial charge is 0.191 e. The first-order valence-electron chi connectivity index (χ1n) is 7.55. The van der Waals surface area contributed by atoms with Gasteiger partial charge in [-0.15, -0.1) is 0 Å². The van der Waals surface area contributed by atoms with Crippen LogP contribution in [0.2, 0.25) is 0 Å². The van der Waals surface area contributed by atoms with Crippen LogP contribution in [0.4, 0.5) is 0 Å². The van der Waals surface area contributed by atoms with Gasteiger partial charge in [0.15, 0.2) is 17.5 Å². The summed E-state index contributed by atoms with van der Waals surface area (Å²) in [5.41, 5.74) is 1.62. The van der Waals surface area contributed by atoms with Gasteiger partial charge in [0.2, 0.25) is 0 Å². The highest BCUT2D eigenvalue weighted by atomic mass is 16.3. The summed E-state index contributed by atoms with van der Waals surface area (Å²) in [5.74, 6) is 2.86. The Labute approximate surface area is 137 Å². The maximum absolute atomic E-state index is 5.26. The van der Waals surface area contributed by atoms with Crippen LogP contribution >= 0.6 is 0 Å². The minimum absolute atomic E-state index is 0.621. The fraction of sp³-hybridized carbons (Fsp3) is 0.188. The number of imidazole rings is 1. The monoisotopic (exact) mass is 321 g/mol. The first kappa shape index (κ1) is 14.3. The molecule has 4 aromatic heterocycles. The van der Waals surface area contributed by atoms with Crippen LogP contribution in [0.1, 0.15) is 11.7 Å². The summed E-state index contributed by atoms with van der Waals surface area (Å²) >= 11 is 0. The molecule has 0 radical (unpaired) electrons. The summed E-state index contributed by atoms with van der Waals surface area (Å²) in [6.07, 6.45) is 9.45. The van der Waals surface area contributed by atoms with E-state index in [-0.39, 0.29) is 0 Å². The van der Waals surface area contributed by atoms with Crippen molar-refractivity contribution in [2.45, 2.75) is 19.9 Å². The highest BCUT2D eigenvalue weighted by Crippen LogP contribution is 2.17. The molecule has 0 saturated carbocycles. The Morgan fingerprint density at radius 3 is 3.00 bits per heavy atom. The van der Waals surface area contributed by atoms with Crippen molar-refractivity contribution >= 4 is 0 Å². The van der Waals surface area contributed by atoms with Crippen LogP contribution in [0.25, 0.3) is 22.9 Å². The quantitative estimate of drug-likeness (QED) is 0.605. The van der Waals surface area contributed by atoms with Crippen molar-refractivity contribution in [3.05, 3.63) is 54.9 Å². The van der Waals surface area contributed by atoms with Crippen molar-refractivity contribution in [3.63, 3.8) is 0 Å². The standard InChI is InChI=1S/C16H15N7O/c1-11-19-13(10-24-11)16-18-6-8-23(16)7-4-14-20-15(22-21-14)12-3-2-5-17-9-12/h2-3,5-6,8-10H,4,7H2,1H3,(H,20,21,22). The molecule has 0 spiro atoms. The zero-order valence-electron chi connectivity index (χ0n) is 13.0. The third-order valence-electron chi connectivity index (χ3n) is 3.60. The van der Waals surface area contributed by atoms with Crippen LogP contribution < -0.4 is 0 Å². The first-order valence-corrected chi connectivity index (χ1v) is 7.55. The Bertz CT molecular complexity index is 938. The number of rotatable bonds is 5. The first-order chi connectivity index (χ1) is 11.8. The molecule has 4 aromatic rings. The number of hydrogen-bond acceptors (Lipinski definition) is 6. The van der Waals surface area contributed by atoms with Gasteiger partial charge in [0.25, 0.3) is 0 Å². The minimum Gasteiger partial charge on any atom is -0.449 e. The number of hydrogen-bond donors (Lipinski definition) is 1. The van der Waals surface area contributed by atoms with Gasteiger partial charge in [-0.25, -0.2) is 15.0 Å². The lowest BCUT2D eigenvalue weighted by atomic mass is 10.3. The van der Waals surface area contributed by atoms with E-state index in [1.807, 2.05) is 29.8 Å². The molecule has 1 N–H and O–H groups in total. The molecule has 0 aliphatic heterocycles. The van der Waals surface area contributed by atoms with Crippen LogP contribution in [0, 0.1) is 6.92 Å². The van der Waals surface area contributed by atoms with E-state index in [4.69, 9.17) is 4.42 Å². The number of pyridine rings is 1. The second-order valence-electron chi connectivity index (χ2n) is 5.29. The number of aromatic nitrogens is 7. The van der Waals surface area contributed by atoms with E-state index >= 15 is 0 Å². The molecule has 0 fully saturated rings. The van der Waals surface area contributed by atoms with E-state index in [0.717, 1.165) is 22.9 Å². The molecule has 8 heteroatoms. The molecular formula is C16H15N7O. The molecule has 0 aromatic carbocycles. The van der Waals surface area contributed by atoms with E-state index in [0.29, 0.717) is 24.7 Å². The Morgan fingerprint density at radius 1 is 1.25 bits per heavy atom. The van der Waals surface area contributed by atoms with Gasteiger partial charge < -0.3 is 8.98 Å². The van der Waals surface area contributed by atoms with Crippen LogP contribution in [-0.2, 0) is 13.0 Å². The number of H-pyrrole nitrogens is 1. The highest BCUT2D eigenvalue weighted by Gasteiger charge is 2.11. The van der Waals surface area contributed by atoms with E-state index in [1.165, 1.54) is 0 Å². The Morgan fingerprint density at radius 2 is 2.21 bits per heavy atom. The molecular weight excluding hydrogens is 306 g/mol. The van der Waals surface area contributed by atoms with Crippen LogP contribution in [-0.4, -0.2) is 34.7 Å². The van der Waals surface area contributed by atoms with Crippen LogP contribution in [0.3, 0.4) is 0 Å². The fourth-order valence-electron chi connectivity index (χ4n) is 2.45. The molecule has 0 aliphatic rings. The topological polar surface area (TPSA) is 98.3 Å². The largest absolute Gasteiger partial charge is 0.449 e. The van der Waals surface area contributed by atoms with Gasteiger partial charge >= 0.3 is 0 Å². The van der Waals surface area contributed by atoms with Crippen LogP contribution in [0.5, 0.6) is 0 Å². The maximum Gasteiger partial charge on any atom is 0.191 e. The van der Waals surface area contributed by atoms with Gasteiger partial charge in [-0.3, -0.25) is 10.1 Å². The normalized spacial score (nSPS) is 11.0. The predicted octanol–water partition coefficient (Wildman–Crippen LogP) is 2.27. The molecule has 0 bridgehead atoms. The van der Waals surface area contributed by atoms with Gasteiger partial charge in [-0.2, -0.15) is 5.10 Å². The van der Waals surface area contributed by atoms with Crippen molar-refractivity contribution in [2.24, 2.45) is 0 Å². The predicted molar refractivity (Wildman–Crippen MR) is 85.8 cm³/mol. The summed E-state index contributed by atoms with van der Waals surface area (Å²) in [6.45, 7) is 2.52. The SMILES string of the molecule is Cc1nc(-c2nccn2CCc2nc(-c3cccnc3)n[nH]2)co1. The lowest BCUT2D eigenvalue weighted by Gasteiger charge is -2.03. The third kappa shape index (κ3) is 2.81. The summed E-state index contributed by atoms with van der Waals surface area (Å²) in [5, 5.41) is 7.22. The van der Waals surface area contributed by atoms with Gasteiger partial charge in [0, 0.05) is 50.2 Å². The third-order valence-corrected chi connectivity index (χ3v) is 3.60. The molecule has 120 valence electrons. The number of aromatic amines is 1. The van der Waals surface area contributed by atoms with Crippen molar-refractivity contribution in [3.8, 4) is 22.9 Å². The Balaban J connectivity index is 1.49. The second-order valence-corrected chi connectivity index (χ2v) is 5.29. The van der Waals surface area contributed by atoms with E-state index in [1.54, 1.807) is 24.9 Å². The van der Waals surface area contributed by atoms with Gasteiger partial charge in [0.1, 0.15) is 17.8 Å². The van der Waals surface area contributed by atoms with Gasteiger partial charge in [-0.1, -0.05) is 0 Å². The Kier molecular flexibility index (Phi) is 3.62. The summed E-state index contributed by atoms with van der Waals surface area (Å²) < 4.78 is 7.28. The average Bonchev–Trinajstić information content (AvgIpc) is 3.34. The van der Waals surface area contributed by atoms with Crippen LogP contribution in [0.15, 0.2) is 47.6 Å². The number of oxazole rings is 1. The minimum atomic E-state index is 0.621. The molecule has 4 heterocycles. The lowest BCUT2D eigenvalue weighted by Crippen LogP contribution is -2.04. The van der Waals surface area contributed by atoms with E-state index < -0.39 is 0 Å².